The number of carbonyl (C=O) groups excluding carboxylic acids is 1. The van der Waals surface area contributed by atoms with Crippen LogP contribution in [0.2, 0.25) is 0 Å². The highest BCUT2D eigenvalue weighted by atomic mass is 32.2. The van der Waals surface area contributed by atoms with Crippen molar-refractivity contribution in [1.82, 2.24) is 14.5 Å². The van der Waals surface area contributed by atoms with Gasteiger partial charge in [0.2, 0.25) is 10.0 Å². The monoisotopic (exact) mass is 370 g/mol. The molecular weight excluding hydrogens is 352 g/mol. The van der Waals surface area contributed by atoms with Crippen molar-refractivity contribution in [1.29, 1.82) is 0 Å². The maximum Gasteiger partial charge on any atom is 0.273 e. The second-order valence-electron chi connectivity index (χ2n) is 5.80. The summed E-state index contributed by atoms with van der Waals surface area (Å²) in [5, 5.41) is 9.57. The van der Waals surface area contributed by atoms with E-state index in [0.717, 1.165) is 9.87 Å². The molecule has 0 aliphatic carbocycles. The van der Waals surface area contributed by atoms with Crippen molar-refractivity contribution < 1.29 is 13.2 Å². The number of rotatable bonds is 5. The number of hydrogen-bond donors (Lipinski definition) is 2. The maximum absolute atomic E-state index is 12.3. The number of nitrogens with one attached hydrogen (secondary N) is 2. The molecule has 0 bridgehead atoms. The summed E-state index contributed by atoms with van der Waals surface area (Å²) in [6.45, 7) is 0. The fourth-order valence-corrected chi connectivity index (χ4v) is 3.22. The number of amides is 1. The zero-order chi connectivity index (χ0) is 18.7. The first-order valence-corrected chi connectivity index (χ1v) is 9.27. The van der Waals surface area contributed by atoms with Crippen LogP contribution in [0.1, 0.15) is 10.5 Å². The lowest BCUT2D eigenvalue weighted by Gasteiger charge is -2.11. The van der Waals surface area contributed by atoms with Gasteiger partial charge in [-0.25, -0.2) is 12.7 Å². The summed E-state index contributed by atoms with van der Waals surface area (Å²) >= 11 is 0. The molecule has 3 aromatic rings. The van der Waals surface area contributed by atoms with Crippen molar-refractivity contribution in [3.63, 3.8) is 0 Å². The van der Waals surface area contributed by atoms with Gasteiger partial charge in [-0.15, -0.1) is 0 Å². The smallest absolute Gasteiger partial charge is 0.273 e. The van der Waals surface area contributed by atoms with Gasteiger partial charge in [0.25, 0.3) is 5.91 Å². The van der Waals surface area contributed by atoms with Crippen molar-refractivity contribution >= 4 is 21.6 Å². The molecule has 3 rings (SSSR count). The second-order valence-corrected chi connectivity index (χ2v) is 7.95. The molecule has 0 saturated carbocycles. The van der Waals surface area contributed by atoms with E-state index in [4.69, 9.17) is 0 Å². The SMILES string of the molecule is CN(C)S(=O)(=O)c1ccc(NC(=O)c2cc(-c3ccccc3)n[nH]2)cc1. The molecule has 8 heteroatoms. The molecule has 134 valence electrons. The fourth-order valence-electron chi connectivity index (χ4n) is 2.31. The number of aromatic nitrogens is 2. The molecule has 0 saturated heterocycles. The van der Waals surface area contributed by atoms with Crippen LogP contribution in [0.3, 0.4) is 0 Å². The molecule has 0 aliphatic heterocycles. The molecule has 2 aromatic carbocycles. The summed E-state index contributed by atoms with van der Waals surface area (Å²) in [4.78, 5) is 12.5. The predicted octanol–water partition coefficient (Wildman–Crippen LogP) is 2.58. The fraction of sp³-hybridized carbons (Fsp3) is 0.111. The topological polar surface area (TPSA) is 95.2 Å². The van der Waals surface area contributed by atoms with Crippen LogP contribution in [0.5, 0.6) is 0 Å². The lowest BCUT2D eigenvalue weighted by molar-refractivity contribution is 0.102. The van der Waals surface area contributed by atoms with Gasteiger partial charge in [0.05, 0.1) is 10.6 Å². The number of benzene rings is 2. The molecule has 0 aliphatic rings. The summed E-state index contributed by atoms with van der Waals surface area (Å²) < 4.78 is 25.2. The van der Waals surface area contributed by atoms with Crippen molar-refractivity contribution in [3.8, 4) is 11.3 Å². The van der Waals surface area contributed by atoms with Crippen LogP contribution in [-0.4, -0.2) is 42.9 Å². The Morgan fingerprint density at radius 1 is 1.04 bits per heavy atom. The number of H-pyrrole nitrogens is 1. The standard InChI is InChI=1S/C18H18N4O3S/c1-22(2)26(24,25)15-10-8-14(9-11-15)19-18(23)17-12-16(20-21-17)13-6-4-3-5-7-13/h3-12H,1-2H3,(H,19,23)(H,20,21). The van der Waals surface area contributed by atoms with Gasteiger partial charge in [-0.3, -0.25) is 9.89 Å². The summed E-state index contributed by atoms with van der Waals surface area (Å²) in [5.74, 6) is -0.358. The third-order valence-electron chi connectivity index (χ3n) is 3.78. The van der Waals surface area contributed by atoms with Crippen LogP contribution in [0.15, 0.2) is 65.6 Å². The second kappa shape index (κ2) is 7.11. The van der Waals surface area contributed by atoms with Crippen LogP contribution in [0.4, 0.5) is 5.69 Å². The van der Waals surface area contributed by atoms with Crippen LogP contribution < -0.4 is 5.32 Å². The van der Waals surface area contributed by atoms with Gasteiger partial charge >= 0.3 is 0 Å². The number of sulfonamides is 1. The van der Waals surface area contributed by atoms with Gasteiger partial charge in [-0.05, 0) is 30.3 Å². The van der Waals surface area contributed by atoms with E-state index < -0.39 is 10.0 Å². The van der Waals surface area contributed by atoms with Crippen molar-refractivity contribution in [2.24, 2.45) is 0 Å². The Labute approximate surface area is 151 Å². The Balaban J connectivity index is 1.74. The van der Waals surface area contributed by atoms with Crippen molar-refractivity contribution in [2.45, 2.75) is 4.90 Å². The normalized spacial score (nSPS) is 11.5. The number of aromatic amines is 1. The highest BCUT2D eigenvalue weighted by molar-refractivity contribution is 7.89. The van der Waals surface area contributed by atoms with Gasteiger partial charge in [0.1, 0.15) is 5.69 Å². The molecule has 1 heterocycles. The van der Waals surface area contributed by atoms with E-state index in [1.54, 1.807) is 18.2 Å². The zero-order valence-corrected chi connectivity index (χ0v) is 15.1. The maximum atomic E-state index is 12.3. The first-order valence-electron chi connectivity index (χ1n) is 7.83. The highest BCUT2D eigenvalue weighted by Crippen LogP contribution is 2.19. The van der Waals surface area contributed by atoms with E-state index >= 15 is 0 Å². The summed E-state index contributed by atoms with van der Waals surface area (Å²) in [5.41, 5.74) is 2.38. The lowest BCUT2D eigenvalue weighted by atomic mass is 10.1. The number of carbonyl (C=O) groups is 1. The third kappa shape index (κ3) is 3.66. The van der Waals surface area contributed by atoms with Gasteiger partial charge in [0, 0.05) is 25.3 Å². The summed E-state index contributed by atoms with van der Waals surface area (Å²) in [6.07, 6.45) is 0. The molecule has 1 aromatic heterocycles. The molecule has 0 radical (unpaired) electrons. The highest BCUT2D eigenvalue weighted by Gasteiger charge is 2.17. The molecule has 26 heavy (non-hydrogen) atoms. The first-order chi connectivity index (χ1) is 12.4. The minimum absolute atomic E-state index is 0.161. The quantitative estimate of drug-likeness (QED) is 0.722. The van der Waals surface area contributed by atoms with Gasteiger partial charge in [-0.2, -0.15) is 5.10 Å². The third-order valence-corrected chi connectivity index (χ3v) is 5.61. The Bertz CT molecular complexity index is 1010. The molecule has 0 unspecified atom stereocenters. The van der Waals surface area contributed by atoms with Crippen LogP contribution in [-0.2, 0) is 10.0 Å². The van der Waals surface area contributed by atoms with Crippen molar-refractivity contribution in [2.75, 3.05) is 19.4 Å². The van der Waals surface area contributed by atoms with Crippen molar-refractivity contribution in [3.05, 3.63) is 66.4 Å². The van der Waals surface area contributed by atoms with Gasteiger partial charge < -0.3 is 5.32 Å². The summed E-state index contributed by atoms with van der Waals surface area (Å²) in [6, 6.07) is 17.2. The van der Waals surface area contributed by atoms with Crippen LogP contribution in [0, 0.1) is 0 Å². The average molecular weight is 370 g/mol. The molecule has 2 N–H and O–H groups in total. The summed E-state index contributed by atoms with van der Waals surface area (Å²) in [7, 11) is -0.565. The van der Waals surface area contributed by atoms with E-state index in [0.29, 0.717) is 17.1 Å². The molecular formula is C18H18N4O3S. The van der Waals surface area contributed by atoms with E-state index in [1.807, 2.05) is 30.3 Å². The zero-order valence-electron chi connectivity index (χ0n) is 14.3. The average Bonchev–Trinajstić information content (AvgIpc) is 3.13. The Morgan fingerprint density at radius 2 is 1.69 bits per heavy atom. The van der Waals surface area contributed by atoms with E-state index in [2.05, 4.69) is 15.5 Å². The molecule has 1 amide bonds. The van der Waals surface area contributed by atoms with E-state index in [9.17, 15) is 13.2 Å². The Morgan fingerprint density at radius 3 is 2.31 bits per heavy atom. The number of hydrogen-bond acceptors (Lipinski definition) is 4. The molecule has 0 fully saturated rings. The molecule has 0 spiro atoms. The minimum Gasteiger partial charge on any atom is -0.321 e. The first kappa shape index (κ1) is 17.8. The Hall–Kier alpha value is -2.97. The van der Waals surface area contributed by atoms with Gasteiger partial charge in [-0.1, -0.05) is 30.3 Å². The lowest BCUT2D eigenvalue weighted by Crippen LogP contribution is -2.22. The molecule has 0 atom stereocenters. The molecule has 7 nitrogen and oxygen atoms in total. The minimum atomic E-state index is -3.50. The number of anilines is 1. The van der Waals surface area contributed by atoms with E-state index in [-0.39, 0.29) is 10.8 Å². The number of nitrogens with zero attached hydrogens (tertiary/aromatic N) is 2. The Kier molecular flexibility index (Phi) is 4.88. The largest absolute Gasteiger partial charge is 0.321 e. The van der Waals surface area contributed by atoms with Crippen LogP contribution in [0.25, 0.3) is 11.3 Å². The predicted molar refractivity (Wildman–Crippen MR) is 99.3 cm³/mol. The van der Waals surface area contributed by atoms with Gasteiger partial charge in [0.15, 0.2) is 0 Å². The van der Waals surface area contributed by atoms with E-state index in [1.165, 1.54) is 26.2 Å². The van der Waals surface area contributed by atoms with Crippen LogP contribution >= 0.6 is 0 Å².